The summed E-state index contributed by atoms with van der Waals surface area (Å²) in [5, 5.41) is 9.78. The molecule has 3 nitrogen and oxygen atoms in total. The Morgan fingerprint density at radius 2 is 2.24 bits per heavy atom. The molecule has 0 aromatic rings. The number of methoxy groups -OCH3 is 1. The second-order valence-electron chi connectivity index (χ2n) is 6.24. The Bertz CT molecular complexity index is 246. The van der Waals surface area contributed by atoms with E-state index in [-0.39, 0.29) is 5.41 Å². The molecule has 1 heterocycles. The van der Waals surface area contributed by atoms with Gasteiger partial charge in [-0.05, 0) is 25.2 Å². The highest BCUT2D eigenvalue weighted by Crippen LogP contribution is 2.40. The molecule has 0 aromatic carbocycles. The predicted octanol–water partition coefficient (Wildman–Crippen LogP) is 1.90. The molecule has 3 heteroatoms. The Morgan fingerprint density at radius 3 is 2.82 bits per heavy atom. The predicted molar refractivity (Wildman–Crippen MR) is 69.0 cm³/mol. The van der Waals surface area contributed by atoms with Crippen LogP contribution in [0.2, 0.25) is 0 Å². The fourth-order valence-electron chi connectivity index (χ4n) is 3.71. The topological polar surface area (TPSA) is 32.7 Å². The number of hydrogen-bond acceptors (Lipinski definition) is 3. The standard InChI is InChI=1S/C14H27NO2/c1-12-4-3-6-14(8-12,11-16)10-15-7-5-13(9-15)17-2/h12-13,16H,3-11H2,1-2H3. The van der Waals surface area contributed by atoms with Crippen LogP contribution < -0.4 is 0 Å². The molecule has 1 aliphatic heterocycles. The molecule has 0 amide bonds. The monoisotopic (exact) mass is 241 g/mol. The van der Waals surface area contributed by atoms with Gasteiger partial charge in [-0.25, -0.2) is 0 Å². The van der Waals surface area contributed by atoms with Crippen LogP contribution in [-0.2, 0) is 4.74 Å². The highest BCUT2D eigenvalue weighted by molar-refractivity contribution is 4.90. The van der Waals surface area contributed by atoms with Crippen molar-refractivity contribution >= 4 is 0 Å². The first-order valence-corrected chi connectivity index (χ1v) is 7.03. The molecule has 3 atom stereocenters. The zero-order valence-electron chi connectivity index (χ0n) is 11.3. The van der Waals surface area contributed by atoms with Crippen molar-refractivity contribution in [3.05, 3.63) is 0 Å². The lowest BCUT2D eigenvalue weighted by atomic mass is 9.70. The first-order valence-electron chi connectivity index (χ1n) is 7.03. The molecular formula is C14H27NO2. The second-order valence-corrected chi connectivity index (χ2v) is 6.24. The van der Waals surface area contributed by atoms with Crippen molar-refractivity contribution in [2.24, 2.45) is 11.3 Å². The van der Waals surface area contributed by atoms with Gasteiger partial charge in [0.2, 0.25) is 0 Å². The minimum atomic E-state index is 0.167. The molecule has 100 valence electrons. The molecule has 1 N–H and O–H groups in total. The number of rotatable bonds is 4. The molecule has 1 aliphatic carbocycles. The lowest BCUT2D eigenvalue weighted by molar-refractivity contribution is 0.0245. The smallest absolute Gasteiger partial charge is 0.0710 e. The van der Waals surface area contributed by atoms with Crippen molar-refractivity contribution in [1.29, 1.82) is 0 Å². The SMILES string of the molecule is COC1CCN(CC2(CO)CCCC(C)C2)C1. The van der Waals surface area contributed by atoms with E-state index in [1.165, 1.54) is 25.7 Å². The Balaban J connectivity index is 1.90. The number of aliphatic hydroxyl groups excluding tert-OH is 1. The van der Waals surface area contributed by atoms with Gasteiger partial charge < -0.3 is 14.7 Å². The number of aliphatic hydroxyl groups is 1. The lowest BCUT2D eigenvalue weighted by Crippen LogP contribution is -2.42. The van der Waals surface area contributed by atoms with Gasteiger partial charge in [0.05, 0.1) is 6.10 Å². The summed E-state index contributed by atoms with van der Waals surface area (Å²) in [4.78, 5) is 2.49. The van der Waals surface area contributed by atoms with Gasteiger partial charge >= 0.3 is 0 Å². The number of nitrogens with zero attached hydrogens (tertiary/aromatic N) is 1. The van der Waals surface area contributed by atoms with Crippen LogP contribution in [0.3, 0.4) is 0 Å². The molecule has 0 aromatic heterocycles. The average Bonchev–Trinajstić information content (AvgIpc) is 2.76. The van der Waals surface area contributed by atoms with Crippen LogP contribution in [0.5, 0.6) is 0 Å². The summed E-state index contributed by atoms with van der Waals surface area (Å²) in [6.07, 6.45) is 6.56. The van der Waals surface area contributed by atoms with E-state index in [4.69, 9.17) is 4.74 Å². The zero-order valence-corrected chi connectivity index (χ0v) is 11.3. The van der Waals surface area contributed by atoms with Gasteiger partial charge in [-0.3, -0.25) is 0 Å². The molecule has 2 fully saturated rings. The molecule has 0 spiro atoms. The summed E-state index contributed by atoms with van der Waals surface area (Å²) >= 11 is 0. The summed E-state index contributed by atoms with van der Waals surface area (Å²) in [7, 11) is 1.80. The van der Waals surface area contributed by atoms with Crippen LogP contribution in [0.15, 0.2) is 0 Å². The summed E-state index contributed by atoms with van der Waals surface area (Å²) in [6, 6.07) is 0. The van der Waals surface area contributed by atoms with E-state index >= 15 is 0 Å². The van der Waals surface area contributed by atoms with Crippen LogP contribution in [-0.4, -0.2) is 49.5 Å². The first kappa shape index (κ1) is 13.3. The third-order valence-electron chi connectivity index (χ3n) is 4.64. The van der Waals surface area contributed by atoms with Gasteiger partial charge in [-0.2, -0.15) is 0 Å². The van der Waals surface area contributed by atoms with Gasteiger partial charge in [0, 0.05) is 38.8 Å². The van der Waals surface area contributed by atoms with E-state index in [1.54, 1.807) is 7.11 Å². The van der Waals surface area contributed by atoms with E-state index in [2.05, 4.69) is 11.8 Å². The molecule has 17 heavy (non-hydrogen) atoms. The van der Waals surface area contributed by atoms with Gasteiger partial charge in [-0.1, -0.05) is 19.8 Å². The van der Waals surface area contributed by atoms with Crippen LogP contribution in [0, 0.1) is 11.3 Å². The van der Waals surface area contributed by atoms with Gasteiger partial charge in [0.25, 0.3) is 0 Å². The van der Waals surface area contributed by atoms with Crippen molar-refractivity contribution in [3.8, 4) is 0 Å². The minimum absolute atomic E-state index is 0.167. The van der Waals surface area contributed by atoms with Crippen molar-refractivity contribution in [2.75, 3.05) is 33.4 Å². The summed E-state index contributed by atoms with van der Waals surface area (Å²) < 4.78 is 5.41. The van der Waals surface area contributed by atoms with Crippen molar-refractivity contribution in [3.63, 3.8) is 0 Å². The molecule has 0 radical (unpaired) electrons. The van der Waals surface area contributed by atoms with E-state index in [0.29, 0.717) is 12.7 Å². The van der Waals surface area contributed by atoms with Crippen LogP contribution in [0.4, 0.5) is 0 Å². The maximum atomic E-state index is 9.78. The van der Waals surface area contributed by atoms with Gasteiger partial charge in [0.15, 0.2) is 0 Å². The lowest BCUT2D eigenvalue weighted by Gasteiger charge is -2.41. The second kappa shape index (κ2) is 5.68. The Morgan fingerprint density at radius 1 is 1.41 bits per heavy atom. The van der Waals surface area contributed by atoms with E-state index in [0.717, 1.165) is 32.0 Å². The molecule has 1 saturated heterocycles. The van der Waals surface area contributed by atoms with E-state index in [1.807, 2.05) is 0 Å². The summed E-state index contributed by atoms with van der Waals surface area (Å²) in [6.45, 7) is 5.92. The maximum absolute atomic E-state index is 9.78. The first-order chi connectivity index (χ1) is 8.17. The Kier molecular flexibility index (Phi) is 4.45. The van der Waals surface area contributed by atoms with E-state index < -0.39 is 0 Å². The average molecular weight is 241 g/mol. The summed E-state index contributed by atoms with van der Waals surface area (Å²) in [5.74, 6) is 0.775. The number of hydrogen-bond donors (Lipinski definition) is 1. The third-order valence-corrected chi connectivity index (χ3v) is 4.64. The third kappa shape index (κ3) is 3.21. The highest BCUT2D eigenvalue weighted by atomic mass is 16.5. The van der Waals surface area contributed by atoms with E-state index in [9.17, 15) is 5.11 Å². The molecule has 0 bridgehead atoms. The fraction of sp³-hybridized carbons (Fsp3) is 1.00. The minimum Gasteiger partial charge on any atom is -0.396 e. The van der Waals surface area contributed by atoms with Crippen molar-refractivity contribution in [2.45, 2.75) is 45.1 Å². The Labute approximate surface area is 105 Å². The molecule has 1 saturated carbocycles. The molecule has 2 aliphatic rings. The van der Waals surface area contributed by atoms with Gasteiger partial charge in [-0.15, -0.1) is 0 Å². The maximum Gasteiger partial charge on any atom is 0.0710 e. The van der Waals surface area contributed by atoms with Crippen LogP contribution in [0.25, 0.3) is 0 Å². The molecular weight excluding hydrogens is 214 g/mol. The fourth-order valence-corrected chi connectivity index (χ4v) is 3.71. The number of ether oxygens (including phenoxy) is 1. The number of likely N-dealkylation sites (tertiary alicyclic amines) is 1. The molecule has 2 rings (SSSR count). The largest absolute Gasteiger partial charge is 0.396 e. The van der Waals surface area contributed by atoms with Crippen LogP contribution >= 0.6 is 0 Å². The van der Waals surface area contributed by atoms with Crippen molar-refractivity contribution in [1.82, 2.24) is 4.90 Å². The van der Waals surface area contributed by atoms with Crippen molar-refractivity contribution < 1.29 is 9.84 Å². The quantitative estimate of drug-likeness (QED) is 0.816. The summed E-state index contributed by atoms with van der Waals surface area (Å²) in [5.41, 5.74) is 0.167. The van der Waals surface area contributed by atoms with Gasteiger partial charge in [0.1, 0.15) is 0 Å². The van der Waals surface area contributed by atoms with Crippen LogP contribution in [0.1, 0.15) is 39.0 Å². The highest BCUT2D eigenvalue weighted by Gasteiger charge is 2.37. The Hall–Kier alpha value is -0.120. The zero-order chi connectivity index (χ0) is 12.3. The molecule has 3 unspecified atom stereocenters. The normalized spacial score (nSPS) is 39.7.